The first-order valence-electron chi connectivity index (χ1n) is 8.57. The van der Waals surface area contributed by atoms with Crippen molar-refractivity contribution in [2.45, 2.75) is 32.8 Å². The molecular weight excluding hydrogens is 359 g/mol. The van der Waals surface area contributed by atoms with Gasteiger partial charge in [-0.25, -0.2) is 4.39 Å². The van der Waals surface area contributed by atoms with Gasteiger partial charge in [0.1, 0.15) is 11.6 Å². The van der Waals surface area contributed by atoms with E-state index in [1.165, 1.54) is 25.1 Å². The molecule has 1 amide bonds. The number of amides is 1. The summed E-state index contributed by atoms with van der Waals surface area (Å²) in [5, 5.41) is 13.2. The Morgan fingerprint density at radius 2 is 2.15 bits per heavy atom. The van der Waals surface area contributed by atoms with Gasteiger partial charge in [-0.1, -0.05) is 13.0 Å². The van der Waals surface area contributed by atoms with E-state index < -0.39 is 40.6 Å². The number of ketones is 1. The highest BCUT2D eigenvalue weighted by Gasteiger charge is 2.44. The van der Waals surface area contributed by atoms with Gasteiger partial charge in [-0.15, -0.1) is 0 Å². The minimum Gasteiger partial charge on any atom is -0.453 e. The van der Waals surface area contributed by atoms with Gasteiger partial charge in [0, 0.05) is 28.9 Å². The fourth-order valence-corrected chi connectivity index (χ4v) is 3.29. The lowest BCUT2D eigenvalue weighted by atomic mass is 9.88. The van der Waals surface area contributed by atoms with E-state index in [9.17, 15) is 28.9 Å². The fraction of sp³-hybridized carbons (Fsp3) is 0.500. The number of rotatable bonds is 7. The molecule has 1 aliphatic rings. The predicted molar refractivity (Wildman–Crippen MR) is 92.8 cm³/mol. The highest BCUT2D eigenvalue weighted by molar-refractivity contribution is 5.95. The molecule has 27 heavy (non-hydrogen) atoms. The molecule has 0 spiro atoms. The van der Waals surface area contributed by atoms with Gasteiger partial charge < -0.3 is 10.1 Å². The number of hydrogen-bond acceptors (Lipinski definition) is 6. The van der Waals surface area contributed by atoms with Gasteiger partial charge in [0.05, 0.1) is 6.42 Å². The van der Waals surface area contributed by atoms with Crippen LogP contribution >= 0.6 is 0 Å². The van der Waals surface area contributed by atoms with E-state index in [-0.39, 0.29) is 36.8 Å². The van der Waals surface area contributed by atoms with E-state index in [2.05, 4.69) is 5.32 Å². The molecule has 0 aromatic heterocycles. The van der Waals surface area contributed by atoms with Gasteiger partial charge in [0.25, 0.3) is 5.91 Å². The lowest BCUT2D eigenvalue weighted by Crippen LogP contribution is -2.32. The molecule has 0 unspecified atom stereocenters. The van der Waals surface area contributed by atoms with Crippen LogP contribution in [0, 0.1) is 33.7 Å². The topological polar surface area (TPSA) is 116 Å². The third kappa shape index (κ3) is 5.57. The van der Waals surface area contributed by atoms with Crippen molar-refractivity contribution >= 4 is 23.3 Å². The molecule has 1 fully saturated rings. The van der Waals surface area contributed by atoms with Gasteiger partial charge in [-0.2, -0.15) is 0 Å². The number of nitrogens with one attached hydrogen (secondary N) is 1. The summed E-state index contributed by atoms with van der Waals surface area (Å²) in [7, 11) is 0. The van der Waals surface area contributed by atoms with E-state index in [1.54, 1.807) is 6.92 Å². The number of halogens is 1. The second kappa shape index (κ2) is 8.70. The Bertz CT molecular complexity index is 753. The minimum atomic E-state index is -1.16. The highest BCUT2D eigenvalue weighted by Crippen LogP contribution is 2.36. The highest BCUT2D eigenvalue weighted by atomic mass is 19.1. The molecule has 0 bridgehead atoms. The smallest absolute Gasteiger partial charge is 0.307 e. The Hall–Kier alpha value is -2.84. The fourth-order valence-electron chi connectivity index (χ4n) is 3.29. The molecule has 0 aliphatic heterocycles. The van der Waals surface area contributed by atoms with E-state index in [4.69, 9.17) is 4.74 Å². The Labute approximate surface area is 155 Å². The van der Waals surface area contributed by atoms with Gasteiger partial charge in [-0.05, 0) is 31.0 Å². The van der Waals surface area contributed by atoms with Crippen LogP contribution in [0.15, 0.2) is 24.3 Å². The zero-order valence-corrected chi connectivity index (χ0v) is 15.0. The molecule has 146 valence electrons. The molecule has 1 aromatic carbocycles. The molecule has 1 aromatic rings. The third-order valence-corrected chi connectivity index (χ3v) is 4.70. The molecule has 8 nitrogen and oxygen atoms in total. The maximum absolute atomic E-state index is 13.1. The minimum absolute atomic E-state index is 0.186. The number of esters is 1. The third-order valence-electron chi connectivity index (χ3n) is 4.70. The number of benzene rings is 1. The summed E-state index contributed by atoms with van der Waals surface area (Å²) >= 11 is 0. The van der Waals surface area contributed by atoms with E-state index in [0.717, 1.165) is 6.07 Å². The average molecular weight is 380 g/mol. The predicted octanol–water partition coefficient (Wildman–Crippen LogP) is 2.20. The van der Waals surface area contributed by atoms with Crippen molar-refractivity contribution < 1.29 is 28.4 Å². The van der Waals surface area contributed by atoms with Crippen molar-refractivity contribution in [3.63, 3.8) is 0 Å². The van der Waals surface area contributed by atoms with Crippen LogP contribution in [-0.2, 0) is 19.1 Å². The SMILES string of the molecule is C[C@H](OC(=O)C[C@@H]1C(=O)C[C@H](C)[C@H]1C[N+](=O)[O-])C(=O)Nc1cccc(F)c1. The van der Waals surface area contributed by atoms with Gasteiger partial charge >= 0.3 is 5.97 Å². The number of carbonyl (C=O) groups excluding carboxylic acids is 3. The maximum atomic E-state index is 13.1. The molecule has 2 rings (SSSR count). The normalized spacial score (nSPS) is 22.9. The van der Waals surface area contributed by atoms with Crippen molar-refractivity contribution in [2.24, 2.45) is 17.8 Å². The summed E-state index contributed by atoms with van der Waals surface area (Å²) in [5.74, 6) is -3.66. The Balaban J connectivity index is 1.92. The first-order valence-corrected chi connectivity index (χ1v) is 8.57. The summed E-state index contributed by atoms with van der Waals surface area (Å²) in [5.41, 5.74) is 0.216. The number of carbonyl (C=O) groups is 3. The van der Waals surface area contributed by atoms with Crippen LogP contribution in [0.2, 0.25) is 0 Å². The molecule has 9 heteroatoms. The van der Waals surface area contributed by atoms with Crippen LogP contribution in [0.5, 0.6) is 0 Å². The van der Waals surface area contributed by atoms with Crippen LogP contribution in [-0.4, -0.2) is 35.2 Å². The Morgan fingerprint density at radius 3 is 2.78 bits per heavy atom. The first kappa shape index (κ1) is 20.5. The second-order valence-corrected chi connectivity index (χ2v) is 6.77. The molecule has 1 saturated carbocycles. The van der Waals surface area contributed by atoms with Gasteiger partial charge in [-0.3, -0.25) is 24.5 Å². The monoisotopic (exact) mass is 380 g/mol. The van der Waals surface area contributed by atoms with Crippen LogP contribution < -0.4 is 5.32 Å². The lowest BCUT2D eigenvalue weighted by molar-refractivity contribution is -0.490. The number of Topliss-reactive ketones (excluding diaryl/α,β-unsaturated/α-hetero) is 1. The zero-order valence-electron chi connectivity index (χ0n) is 15.0. The summed E-state index contributed by atoms with van der Waals surface area (Å²) in [6.45, 7) is 2.70. The van der Waals surface area contributed by atoms with Crippen molar-refractivity contribution in [2.75, 3.05) is 11.9 Å². The molecule has 4 atom stereocenters. The van der Waals surface area contributed by atoms with Crippen LogP contribution in [0.3, 0.4) is 0 Å². The molecular formula is C18H21FN2O6. The largest absolute Gasteiger partial charge is 0.453 e. The van der Waals surface area contributed by atoms with E-state index in [0.29, 0.717) is 0 Å². The lowest BCUT2D eigenvalue weighted by Gasteiger charge is -2.18. The first-order chi connectivity index (χ1) is 12.7. The molecule has 0 heterocycles. The number of ether oxygens (including phenoxy) is 1. The Kier molecular flexibility index (Phi) is 6.59. The van der Waals surface area contributed by atoms with Gasteiger partial charge in [0.2, 0.25) is 6.54 Å². The van der Waals surface area contributed by atoms with Crippen LogP contribution in [0.1, 0.15) is 26.7 Å². The van der Waals surface area contributed by atoms with Crippen molar-refractivity contribution in [3.05, 3.63) is 40.2 Å². The Morgan fingerprint density at radius 1 is 1.44 bits per heavy atom. The van der Waals surface area contributed by atoms with Gasteiger partial charge in [0.15, 0.2) is 6.10 Å². The number of anilines is 1. The quantitative estimate of drug-likeness (QED) is 0.440. The van der Waals surface area contributed by atoms with Crippen molar-refractivity contribution in [3.8, 4) is 0 Å². The van der Waals surface area contributed by atoms with E-state index >= 15 is 0 Å². The zero-order chi connectivity index (χ0) is 20.1. The van der Waals surface area contributed by atoms with Crippen molar-refractivity contribution in [1.82, 2.24) is 0 Å². The summed E-state index contributed by atoms with van der Waals surface area (Å²) < 4.78 is 18.2. The standard InChI is InChI=1S/C18H21FN2O6/c1-10-6-16(22)14(15(10)9-21(25)26)8-17(23)27-11(2)18(24)20-13-5-3-4-12(19)7-13/h3-5,7,10-11,14-15H,6,8-9H2,1-2H3,(H,20,24)/t10-,11-,14-,15+/m0/s1. The second-order valence-electron chi connectivity index (χ2n) is 6.77. The summed E-state index contributed by atoms with van der Waals surface area (Å²) in [6.07, 6.45) is -1.28. The average Bonchev–Trinajstić information content (AvgIpc) is 2.81. The summed E-state index contributed by atoms with van der Waals surface area (Å²) in [4.78, 5) is 46.5. The van der Waals surface area contributed by atoms with Crippen LogP contribution in [0.25, 0.3) is 0 Å². The molecule has 0 radical (unpaired) electrons. The van der Waals surface area contributed by atoms with Crippen LogP contribution in [0.4, 0.5) is 10.1 Å². The maximum Gasteiger partial charge on any atom is 0.307 e. The number of hydrogen-bond donors (Lipinski definition) is 1. The summed E-state index contributed by atoms with van der Waals surface area (Å²) in [6, 6.07) is 5.24. The van der Waals surface area contributed by atoms with Crippen molar-refractivity contribution in [1.29, 1.82) is 0 Å². The molecule has 1 N–H and O–H groups in total. The number of nitro groups is 1. The molecule has 1 aliphatic carbocycles. The van der Waals surface area contributed by atoms with E-state index in [1.807, 2.05) is 0 Å². The number of nitrogens with zero attached hydrogens (tertiary/aromatic N) is 1. The molecule has 0 saturated heterocycles.